The van der Waals surface area contributed by atoms with Crippen LogP contribution in [-0.2, 0) is 0 Å². The first kappa shape index (κ1) is 18.3. The van der Waals surface area contributed by atoms with Gasteiger partial charge in [-0.25, -0.2) is 0 Å². The lowest BCUT2D eigenvalue weighted by Gasteiger charge is -2.06. The van der Waals surface area contributed by atoms with Gasteiger partial charge in [0.05, 0.1) is 0 Å². The molecule has 0 fully saturated rings. The van der Waals surface area contributed by atoms with Crippen LogP contribution < -0.4 is 0 Å². The second kappa shape index (κ2) is 15.0. The van der Waals surface area contributed by atoms with E-state index in [4.69, 9.17) is 23.2 Å². The highest BCUT2D eigenvalue weighted by molar-refractivity contribution is 6.20. The number of hydrogen-bond donors (Lipinski definition) is 0. The SMILES string of the molecule is CN(C)CC=CCN(C)C.ClCC=CCCl. The maximum Gasteiger partial charge on any atom is 0.0404 e. The van der Waals surface area contributed by atoms with Gasteiger partial charge in [-0.2, -0.15) is 0 Å². The van der Waals surface area contributed by atoms with E-state index in [1.807, 2.05) is 12.2 Å². The summed E-state index contributed by atoms with van der Waals surface area (Å²) in [7, 11) is 8.28. The van der Waals surface area contributed by atoms with E-state index in [1.165, 1.54) is 0 Å². The van der Waals surface area contributed by atoms with Crippen LogP contribution in [0, 0.1) is 0 Å². The first-order valence-corrected chi connectivity index (χ1v) is 6.32. The van der Waals surface area contributed by atoms with Crippen molar-refractivity contribution in [3.05, 3.63) is 24.3 Å². The van der Waals surface area contributed by atoms with E-state index in [1.54, 1.807) is 0 Å². The molecule has 0 unspecified atom stereocenters. The molecule has 0 saturated carbocycles. The lowest BCUT2D eigenvalue weighted by Crippen LogP contribution is -2.13. The topological polar surface area (TPSA) is 6.48 Å². The summed E-state index contributed by atoms with van der Waals surface area (Å²) in [5, 5.41) is 0. The highest BCUT2D eigenvalue weighted by Gasteiger charge is 1.83. The van der Waals surface area contributed by atoms with Crippen molar-refractivity contribution in [2.45, 2.75) is 0 Å². The van der Waals surface area contributed by atoms with Crippen LogP contribution in [0.2, 0.25) is 0 Å². The minimum atomic E-state index is 0.562. The molecule has 4 heteroatoms. The van der Waals surface area contributed by atoms with Gasteiger partial charge in [0.25, 0.3) is 0 Å². The van der Waals surface area contributed by atoms with Crippen LogP contribution in [0.5, 0.6) is 0 Å². The maximum absolute atomic E-state index is 5.23. The van der Waals surface area contributed by atoms with Gasteiger partial charge >= 0.3 is 0 Å². The molecule has 0 atom stereocenters. The summed E-state index contributed by atoms with van der Waals surface area (Å²) in [5.41, 5.74) is 0. The Kier molecular flexibility index (Phi) is 17.2. The molecule has 0 aliphatic rings. The van der Waals surface area contributed by atoms with Gasteiger partial charge in [-0.05, 0) is 28.2 Å². The number of alkyl halides is 2. The molecule has 0 bridgehead atoms. The van der Waals surface area contributed by atoms with Gasteiger partial charge in [0, 0.05) is 24.8 Å². The maximum atomic E-state index is 5.23. The normalized spacial score (nSPS) is 11.5. The zero-order valence-corrected chi connectivity index (χ0v) is 12.3. The molecule has 0 aliphatic carbocycles. The molecule has 0 saturated heterocycles. The van der Waals surface area contributed by atoms with Gasteiger partial charge in [-0.3, -0.25) is 0 Å². The standard InChI is InChI=1S/C8H18N2.C4H6Cl2/c1-9(2)7-5-6-8-10(3)4;5-3-1-2-4-6/h5-6H,7-8H2,1-4H3;1-2H,3-4H2. The van der Waals surface area contributed by atoms with E-state index in [9.17, 15) is 0 Å². The van der Waals surface area contributed by atoms with E-state index in [0.717, 1.165) is 13.1 Å². The average Bonchev–Trinajstić information content (AvgIpc) is 2.22. The predicted octanol–water partition coefficient (Wildman–Crippen LogP) is 2.69. The van der Waals surface area contributed by atoms with Crippen molar-refractivity contribution in [3.63, 3.8) is 0 Å². The van der Waals surface area contributed by atoms with Crippen molar-refractivity contribution in [1.82, 2.24) is 9.80 Å². The predicted molar refractivity (Wildman–Crippen MR) is 76.8 cm³/mol. The van der Waals surface area contributed by atoms with Gasteiger partial charge < -0.3 is 9.80 Å². The Morgan fingerprint density at radius 1 is 0.688 bits per heavy atom. The van der Waals surface area contributed by atoms with E-state index in [2.05, 4.69) is 50.1 Å². The Balaban J connectivity index is 0. The van der Waals surface area contributed by atoms with Crippen molar-refractivity contribution < 1.29 is 0 Å². The van der Waals surface area contributed by atoms with Crippen LogP contribution in [-0.4, -0.2) is 62.8 Å². The fourth-order valence-corrected chi connectivity index (χ4v) is 0.949. The molecular formula is C12H24Cl2N2. The number of nitrogens with zero attached hydrogens (tertiary/aromatic N) is 2. The second-order valence-corrected chi connectivity index (χ2v) is 4.39. The summed E-state index contributed by atoms with van der Waals surface area (Å²) in [4.78, 5) is 4.29. The third-order valence-electron chi connectivity index (χ3n) is 1.45. The minimum absolute atomic E-state index is 0.562. The largest absolute Gasteiger partial charge is 0.306 e. The molecule has 0 radical (unpaired) electrons. The van der Waals surface area contributed by atoms with E-state index >= 15 is 0 Å². The second-order valence-electron chi connectivity index (χ2n) is 3.78. The summed E-state index contributed by atoms with van der Waals surface area (Å²) >= 11 is 10.5. The Hall–Kier alpha value is -0.0200. The molecular weight excluding hydrogens is 243 g/mol. The Morgan fingerprint density at radius 2 is 1.00 bits per heavy atom. The van der Waals surface area contributed by atoms with Gasteiger partial charge in [-0.1, -0.05) is 24.3 Å². The van der Waals surface area contributed by atoms with Crippen LogP contribution in [0.1, 0.15) is 0 Å². The molecule has 0 rings (SSSR count). The fraction of sp³-hybridized carbons (Fsp3) is 0.667. The lowest BCUT2D eigenvalue weighted by molar-refractivity contribution is 0.444. The van der Waals surface area contributed by atoms with E-state index in [0.29, 0.717) is 11.8 Å². The van der Waals surface area contributed by atoms with E-state index < -0.39 is 0 Å². The molecule has 2 nitrogen and oxygen atoms in total. The molecule has 0 amide bonds. The van der Waals surface area contributed by atoms with Gasteiger partial charge in [0.1, 0.15) is 0 Å². The molecule has 96 valence electrons. The van der Waals surface area contributed by atoms with Crippen molar-refractivity contribution >= 4 is 23.2 Å². The van der Waals surface area contributed by atoms with Crippen LogP contribution in [0.15, 0.2) is 24.3 Å². The highest BCUT2D eigenvalue weighted by Crippen LogP contribution is 1.80. The van der Waals surface area contributed by atoms with Crippen LogP contribution in [0.3, 0.4) is 0 Å². The molecule has 0 aromatic rings. The fourth-order valence-electron chi connectivity index (χ4n) is 0.697. The van der Waals surface area contributed by atoms with Crippen molar-refractivity contribution in [2.24, 2.45) is 0 Å². The lowest BCUT2D eigenvalue weighted by atomic mass is 10.4. The number of likely N-dealkylation sites (N-methyl/N-ethyl adjacent to an activating group) is 2. The summed E-state index contributed by atoms with van der Waals surface area (Å²) in [5.74, 6) is 1.12. The molecule has 0 aromatic carbocycles. The zero-order chi connectivity index (χ0) is 12.8. The minimum Gasteiger partial charge on any atom is -0.306 e. The smallest absolute Gasteiger partial charge is 0.0404 e. The summed E-state index contributed by atoms with van der Waals surface area (Å²) in [6.07, 6.45) is 7.99. The number of allylic oxidation sites excluding steroid dienone is 2. The Labute approximate surface area is 111 Å². The van der Waals surface area contributed by atoms with Crippen LogP contribution in [0.4, 0.5) is 0 Å². The van der Waals surface area contributed by atoms with Gasteiger partial charge in [0.2, 0.25) is 0 Å². The Bertz CT molecular complexity index is 160. The van der Waals surface area contributed by atoms with E-state index in [-0.39, 0.29) is 0 Å². The van der Waals surface area contributed by atoms with Crippen molar-refractivity contribution in [2.75, 3.05) is 53.0 Å². The molecule has 0 aromatic heterocycles. The van der Waals surface area contributed by atoms with Gasteiger partial charge in [0.15, 0.2) is 0 Å². The number of halogens is 2. The summed E-state index contributed by atoms with van der Waals surface area (Å²) in [6, 6.07) is 0. The first-order valence-electron chi connectivity index (χ1n) is 5.26. The Morgan fingerprint density at radius 3 is 1.19 bits per heavy atom. The zero-order valence-electron chi connectivity index (χ0n) is 10.8. The number of hydrogen-bond acceptors (Lipinski definition) is 2. The monoisotopic (exact) mass is 266 g/mol. The van der Waals surface area contributed by atoms with Crippen molar-refractivity contribution in [1.29, 1.82) is 0 Å². The molecule has 0 aliphatic heterocycles. The summed E-state index contributed by atoms with van der Waals surface area (Å²) < 4.78 is 0. The highest BCUT2D eigenvalue weighted by atomic mass is 35.5. The first-order chi connectivity index (χ1) is 7.54. The van der Waals surface area contributed by atoms with Crippen LogP contribution in [0.25, 0.3) is 0 Å². The van der Waals surface area contributed by atoms with Crippen molar-refractivity contribution in [3.8, 4) is 0 Å². The molecule has 0 N–H and O–H groups in total. The molecule has 0 heterocycles. The van der Waals surface area contributed by atoms with Gasteiger partial charge in [-0.15, -0.1) is 23.2 Å². The quantitative estimate of drug-likeness (QED) is 0.539. The molecule has 16 heavy (non-hydrogen) atoms. The molecule has 0 spiro atoms. The third-order valence-corrected chi connectivity index (χ3v) is 1.81. The number of rotatable bonds is 6. The van der Waals surface area contributed by atoms with Crippen LogP contribution >= 0.6 is 23.2 Å². The summed E-state index contributed by atoms with van der Waals surface area (Å²) in [6.45, 7) is 2.07. The average molecular weight is 267 g/mol. The third kappa shape index (κ3) is 23.6.